The first-order valence-electron chi connectivity index (χ1n) is 5.27. The number of nitro groups is 1. The summed E-state index contributed by atoms with van der Waals surface area (Å²) < 4.78 is 0. The highest BCUT2D eigenvalue weighted by molar-refractivity contribution is 6.33. The maximum absolute atomic E-state index is 10.9. The predicted octanol–water partition coefficient (Wildman–Crippen LogP) is 2.68. The van der Waals surface area contributed by atoms with Gasteiger partial charge in [-0.3, -0.25) is 10.1 Å². The minimum Gasteiger partial charge on any atom is -0.394 e. The molecule has 6 heteroatoms. The van der Waals surface area contributed by atoms with Crippen molar-refractivity contribution in [3.05, 3.63) is 33.3 Å². The highest BCUT2D eigenvalue weighted by Crippen LogP contribution is 2.33. The maximum atomic E-state index is 10.9. The second-order valence-electron chi connectivity index (χ2n) is 4.07. The van der Waals surface area contributed by atoms with Crippen LogP contribution >= 0.6 is 11.6 Å². The zero-order chi connectivity index (χ0) is 13.0. The van der Waals surface area contributed by atoms with Gasteiger partial charge >= 0.3 is 5.69 Å². The van der Waals surface area contributed by atoms with E-state index in [4.69, 9.17) is 11.6 Å². The molecular formula is C11H15ClN2O3. The van der Waals surface area contributed by atoms with Crippen LogP contribution in [0.2, 0.25) is 5.02 Å². The summed E-state index contributed by atoms with van der Waals surface area (Å²) in [5.74, 6) is 0.151. The number of aliphatic hydroxyl groups is 1. The quantitative estimate of drug-likeness (QED) is 0.629. The van der Waals surface area contributed by atoms with Crippen LogP contribution in [0.5, 0.6) is 0 Å². The molecule has 0 fully saturated rings. The number of nitrogens with zero attached hydrogens (tertiary/aromatic N) is 1. The summed E-state index contributed by atoms with van der Waals surface area (Å²) >= 11 is 5.79. The van der Waals surface area contributed by atoms with Crippen molar-refractivity contribution in [2.75, 3.05) is 11.9 Å². The number of hydrogen-bond acceptors (Lipinski definition) is 4. The van der Waals surface area contributed by atoms with Gasteiger partial charge in [-0.1, -0.05) is 31.5 Å². The summed E-state index contributed by atoms with van der Waals surface area (Å²) in [6.45, 7) is 3.75. The van der Waals surface area contributed by atoms with Gasteiger partial charge in [-0.15, -0.1) is 0 Å². The van der Waals surface area contributed by atoms with E-state index < -0.39 is 4.92 Å². The summed E-state index contributed by atoms with van der Waals surface area (Å²) in [6.07, 6.45) is 0. The Balaban J connectivity index is 3.05. The number of nitro benzene ring substituents is 1. The first-order chi connectivity index (χ1) is 7.97. The Morgan fingerprint density at radius 3 is 2.65 bits per heavy atom. The Bertz CT molecular complexity index is 410. The number of nitrogens with one attached hydrogen (secondary N) is 1. The van der Waals surface area contributed by atoms with E-state index in [1.165, 1.54) is 6.07 Å². The molecule has 5 nitrogen and oxygen atoms in total. The largest absolute Gasteiger partial charge is 0.394 e. The molecule has 0 aliphatic heterocycles. The van der Waals surface area contributed by atoms with Gasteiger partial charge < -0.3 is 10.4 Å². The first-order valence-corrected chi connectivity index (χ1v) is 5.65. The first kappa shape index (κ1) is 13.7. The van der Waals surface area contributed by atoms with E-state index in [0.717, 1.165) is 0 Å². The van der Waals surface area contributed by atoms with Gasteiger partial charge in [-0.05, 0) is 18.1 Å². The van der Waals surface area contributed by atoms with Crippen molar-refractivity contribution < 1.29 is 10.0 Å². The SMILES string of the molecule is CC(C)C(CO)Nc1cccc(Cl)c1[N+](=O)[O-]. The Labute approximate surface area is 105 Å². The predicted molar refractivity (Wildman–Crippen MR) is 67.4 cm³/mol. The average Bonchev–Trinajstić information content (AvgIpc) is 2.24. The number of hydrogen-bond donors (Lipinski definition) is 2. The van der Waals surface area contributed by atoms with Crippen LogP contribution in [0.1, 0.15) is 13.8 Å². The van der Waals surface area contributed by atoms with E-state index in [0.29, 0.717) is 5.69 Å². The molecule has 17 heavy (non-hydrogen) atoms. The smallest absolute Gasteiger partial charge is 0.310 e. The van der Waals surface area contributed by atoms with E-state index in [1.807, 2.05) is 13.8 Å². The van der Waals surface area contributed by atoms with Gasteiger partial charge in [0, 0.05) is 0 Å². The van der Waals surface area contributed by atoms with Crippen LogP contribution in [-0.4, -0.2) is 22.7 Å². The third kappa shape index (κ3) is 3.31. The standard InChI is InChI=1S/C11H15ClN2O3/c1-7(2)10(6-15)13-9-5-3-4-8(12)11(9)14(16)17/h3-5,7,10,13,15H,6H2,1-2H3. The summed E-state index contributed by atoms with van der Waals surface area (Å²) in [7, 11) is 0. The molecule has 2 N–H and O–H groups in total. The molecule has 0 spiro atoms. The minimum absolute atomic E-state index is 0.0837. The Hall–Kier alpha value is -1.33. The van der Waals surface area contributed by atoms with Crippen LogP contribution < -0.4 is 5.32 Å². The van der Waals surface area contributed by atoms with Gasteiger partial charge in [-0.25, -0.2) is 0 Å². The second-order valence-corrected chi connectivity index (χ2v) is 4.48. The van der Waals surface area contributed by atoms with Crippen molar-refractivity contribution in [3.8, 4) is 0 Å². The molecular weight excluding hydrogens is 244 g/mol. The molecule has 0 aliphatic rings. The van der Waals surface area contributed by atoms with Gasteiger partial charge in [0.25, 0.3) is 0 Å². The van der Waals surface area contributed by atoms with E-state index in [9.17, 15) is 15.2 Å². The molecule has 0 amide bonds. The van der Waals surface area contributed by atoms with Gasteiger partial charge in [-0.2, -0.15) is 0 Å². The number of benzene rings is 1. The normalized spacial score (nSPS) is 12.5. The van der Waals surface area contributed by atoms with Crippen LogP contribution in [-0.2, 0) is 0 Å². The fraction of sp³-hybridized carbons (Fsp3) is 0.455. The van der Waals surface area contributed by atoms with Crippen molar-refractivity contribution in [2.45, 2.75) is 19.9 Å². The lowest BCUT2D eigenvalue weighted by molar-refractivity contribution is -0.383. The fourth-order valence-electron chi connectivity index (χ4n) is 1.44. The van der Waals surface area contributed by atoms with Gasteiger partial charge in [0.1, 0.15) is 10.7 Å². The monoisotopic (exact) mass is 258 g/mol. The molecule has 1 rings (SSSR count). The van der Waals surface area contributed by atoms with E-state index in [-0.39, 0.29) is 29.3 Å². The van der Waals surface area contributed by atoms with Crippen molar-refractivity contribution in [3.63, 3.8) is 0 Å². The van der Waals surface area contributed by atoms with Crippen LogP contribution in [0.15, 0.2) is 18.2 Å². The number of aliphatic hydroxyl groups excluding tert-OH is 1. The third-order valence-corrected chi connectivity index (χ3v) is 2.82. The topological polar surface area (TPSA) is 75.4 Å². The van der Waals surface area contributed by atoms with Crippen LogP contribution in [0, 0.1) is 16.0 Å². The lowest BCUT2D eigenvalue weighted by atomic mass is 10.0. The van der Waals surface area contributed by atoms with Crippen molar-refractivity contribution in [2.24, 2.45) is 5.92 Å². The van der Waals surface area contributed by atoms with Crippen molar-refractivity contribution in [1.82, 2.24) is 0 Å². The molecule has 0 radical (unpaired) electrons. The van der Waals surface area contributed by atoms with E-state index >= 15 is 0 Å². The van der Waals surface area contributed by atoms with Gasteiger partial charge in [0.2, 0.25) is 0 Å². The minimum atomic E-state index is -0.528. The highest BCUT2D eigenvalue weighted by Gasteiger charge is 2.21. The molecule has 0 aliphatic carbocycles. The molecule has 0 saturated carbocycles. The molecule has 1 aromatic carbocycles. The number of rotatable bonds is 5. The zero-order valence-corrected chi connectivity index (χ0v) is 10.4. The molecule has 0 heterocycles. The Morgan fingerprint density at radius 1 is 1.53 bits per heavy atom. The molecule has 94 valence electrons. The van der Waals surface area contributed by atoms with Gasteiger partial charge in [0.05, 0.1) is 17.6 Å². The molecule has 0 saturated heterocycles. The zero-order valence-electron chi connectivity index (χ0n) is 9.68. The summed E-state index contributed by atoms with van der Waals surface area (Å²) in [6, 6.07) is 4.43. The lowest BCUT2D eigenvalue weighted by Gasteiger charge is -2.21. The summed E-state index contributed by atoms with van der Waals surface area (Å²) in [5, 5.41) is 23.1. The molecule has 0 bridgehead atoms. The third-order valence-electron chi connectivity index (χ3n) is 2.51. The molecule has 0 aromatic heterocycles. The Morgan fingerprint density at radius 2 is 2.18 bits per heavy atom. The number of anilines is 1. The maximum Gasteiger partial charge on any atom is 0.310 e. The lowest BCUT2D eigenvalue weighted by Crippen LogP contribution is -2.29. The van der Waals surface area contributed by atoms with Crippen LogP contribution in [0.3, 0.4) is 0 Å². The van der Waals surface area contributed by atoms with E-state index in [1.54, 1.807) is 12.1 Å². The van der Waals surface area contributed by atoms with Crippen LogP contribution in [0.4, 0.5) is 11.4 Å². The summed E-state index contributed by atoms with van der Waals surface area (Å²) in [4.78, 5) is 10.4. The van der Waals surface area contributed by atoms with Gasteiger partial charge in [0.15, 0.2) is 0 Å². The Kier molecular flexibility index (Phi) is 4.72. The van der Waals surface area contributed by atoms with Crippen molar-refractivity contribution >= 4 is 23.0 Å². The fourth-order valence-corrected chi connectivity index (χ4v) is 1.68. The molecule has 1 unspecified atom stereocenters. The summed E-state index contributed by atoms with van der Waals surface area (Å²) in [5.41, 5.74) is 0.170. The van der Waals surface area contributed by atoms with Crippen LogP contribution in [0.25, 0.3) is 0 Å². The van der Waals surface area contributed by atoms with E-state index in [2.05, 4.69) is 5.32 Å². The highest BCUT2D eigenvalue weighted by atomic mass is 35.5. The molecule has 1 aromatic rings. The average molecular weight is 259 g/mol. The number of halogens is 1. The second kappa shape index (κ2) is 5.84. The number of para-hydroxylation sites is 1. The molecule has 1 atom stereocenters. The van der Waals surface area contributed by atoms with Crippen molar-refractivity contribution in [1.29, 1.82) is 0 Å².